The Balaban J connectivity index is 1.02. The summed E-state index contributed by atoms with van der Waals surface area (Å²) in [4.78, 5) is 48.0. The van der Waals surface area contributed by atoms with Gasteiger partial charge in [0.25, 0.3) is 0 Å². The molecule has 1 aromatic carbocycles. The monoisotopic (exact) mass is 680 g/mol. The molecule has 5 aliphatic heterocycles. The van der Waals surface area contributed by atoms with Gasteiger partial charge in [0, 0.05) is 75.7 Å². The molecule has 49 heavy (non-hydrogen) atoms. The number of likely N-dealkylation sites (tertiary alicyclic amines) is 2. The second kappa shape index (κ2) is 14.7. The van der Waals surface area contributed by atoms with Crippen molar-refractivity contribution in [2.45, 2.75) is 141 Å². The number of hydrogen-bond acceptors (Lipinski definition) is 7. The van der Waals surface area contributed by atoms with Gasteiger partial charge in [-0.2, -0.15) is 0 Å². The third-order valence-electron chi connectivity index (χ3n) is 12.2. The van der Waals surface area contributed by atoms with Crippen LogP contribution in [0.5, 0.6) is 0 Å². The predicted octanol–water partition coefficient (Wildman–Crippen LogP) is 7.45. The maximum absolute atomic E-state index is 13.7. The first-order valence-corrected chi connectivity index (χ1v) is 19.1. The van der Waals surface area contributed by atoms with E-state index in [4.69, 9.17) is 14.2 Å². The minimum Gasteiger partial charge on any atom is -0.445 e. The molecule has 5 fully saturated rings. The number of benzene rings is 1. The van der Waals surface area contributed by atoms with Gasteiger partial charge in [-0.05, 0) is 84.1 Å². The smallest absolute Gasteiger partial charge is 0.410 e. The van der Waals surface area contributed by atoms with E-state index in [9.17, 15) is 14.4 Å². The molecule has 10 heteroatoms. The van der Waals surface area contributed by atoms with Gasteiger partial charge < -0.3 is 28.9 Å². The molecule has 5 saturated heterocycles. The van der Waals surface area contributed by atoms with Crippen molar-refractivity contribution in [1.82, 2.24) is 19.6 Å². The van der Waals surface area contributed by atoms with Gasteiger partial charge in [0.1, 0.15) is 17.8 Å². The van der Waals surface area contributed by atoms with Gasteiger partial charge in [0.15, 0.2) is 0 Å². The Kier molecular flexibility index (Phi) is 10.7. The number of carbonyl (C=O) groups excluding carboxylic acids is 3. The molecule has 0 N–H and O–H groups in total. The first-order chi connectivity index (χ1) is 23.4. The lowest BCUT2D eigenvalue weighted by atomic mass is 9.74. The van der Waals surface area contributed by atoms with Crippen LogP contribution in [0.25, 0.3) is 0 Å². The van der Waals surface area contributed by atoms with Crippen LogP contribution in [0, 0.1) is 11.8 Å². The van der Waals surface area contributed by atoms with E-state index in [0.717, 1.165) is 95.8 Å². The van der Waals surface area contributed by atoms with Crippen molar-refractivity contribution in [3.8, 4) is 0 Å². The Morgan fingerprint density at radius 1 is 0.939 bits per heavy atom. The second-order valence-electron chi connectivity index (χ2n) is 16.8. The van der Waals surface area contributed by atoms with E-state index >= 15 is 0 Å². The highest BCUT2D eigenvalue weighted by molar-refractivity contribution is 5.70. The number of nitrogens with zero attached hydrogens (tertiary/aromatic N) is 4. The first-order valence-electron chi connectivity index (χ1n) is 19.1. The fourth-order valence-electron chi connectivity index (χ4n) is 9.37. The minimum atomic E-state index is -0.490. The molecule has 3 amide bonds. The second-order valence-corrected chi connectivity index (χ2v) is 16.8. The van der Waals surface area contributed by atoms with Crippen LogP contribution in [-0.2, 0) is 20.8 Å². The maximum Gasteiger partial charge on any atom is 0.410 e. The van der Waals surface area contributed by atoms with Crippen LogP contribution in [0.3, 0.4) is 0 Å². The van der Waals surface area contributed by atoms with Crippen molar-refractivity contribution in [2.24, 2.45) is 11.8 Å². The quantitative estimate of drug-likeness (QED) is 0.264. The van der Waals surface area contributed by atoms with Crippen LogP contribution in [0.15, 0.2) is 30.3 Å². The Bertz CT molecular complexity index is 1290. The number of unbranched alkanes of at least 4 members (excludes halogenated alkanes) is 1. The van der Waals surface area contributed by atoms with Gasteiger partial charge in [0.05, 0.1) is 0 Å². The molecule has 5 heterocycles. The summed E-state index contributed by atoms with van der Waals surface area (Å²) < 4.78 is 17.9. The lowest BCUT2D eigenvalue weighted by Crippen LogP contribution is -2.64. The number of rotatable bonds is 8. The molecule has 0 aliphatic carbocycles. The van der Waals surface area contributed by atoms with Crippen molar-refractivity contribution < 1.29 is 28.6 Å². The van der Waals surface area contributed by atoms with E-state index < -0.39 is 11.2 Å². The molecule has 4 atom stereocenters. The molecule has 6 rings (SSSR count). The van der Waals surface area contributed by atoms with Gasteiger partial charge >= 0.3 is 18.3 Å². The maximum atomic E-state index is 13.7. The topological polar surface area (TPSA) is 91.9 Å². The van der Waals surface area contributed by atoms with E-state index in [0.29, 0.717) is 38.1 Å². The summed E-state index contributed by atoms with van der Waals surface area (Å²) in [6.45, 7) is 15.3. The van der Waals surface area contributed by atoms with Gasteiger partial charge in [-0.3, -0.25) is 4.90 Å². The number of carbonyl (C=O) groups is 3. The van der Waals surface area contributed by atoms with Gasteiger partial charge in [-0.15, -0.1) is 0 Å². The van der Waals surface area contributed by atoms with E-state index in [1.165, 1.54) is 0 Å². The normalized spacial score (nSPS) is 28.3. The van der Waals surface area contributed by atoms with Crippen molar-refractivity contribution in [1.29, 1.82) is 0 Å². The molecule has 1 aromatic rings. The number of ether oxygens (including phenoxy) is 3. The fraction of sp³-hybridized carbons (Fsp3) is 0.769. The molecular weight excluding hydrogens is 620 g/mol. The van der Waals surface area contributed by atoms with Crippen LogP contribution in [0.1, 0.15) is 111 Å². The van der Waals surface area contributed by atoms with E-state index in [1.54, 1.807) is 0 Å². The first kappa shape index (κ1) is 35.8. The highest BCUT2D eigenvalue weighted by Gasteiger charge is 2.52. The Morgan fingerprint density at radius 3 is 2.20 bits per heavy atom. The molecule has 10 nitrogen and oxygen atoms in total. The van der Waals surface area contributed by atoms with Crippen molar-refractivity contribution in [3.05, 3.63) is 35.9 Å². The van der Waals surface area contributed by atoms with Crippen LogP contribution >= 0.6 is 0 Å². The number of fused-ring (bicyclic) bond motifs is 2. The lowest BCUT2D eigenvalue weighted by molar-refractivity contribution is -0.135. The Hall–Kier alpha value is -3.01. The van der Waals surface area contributed by atoms with Crippen LogP contribution in [0.2, 0.25) is 0 Å². The average Bonchev–Trinajstić information content (AvgIpc) is 3.34. The summed E-state index contributed by atoms with van der Waals surface area (Å²) in [6.07, 6.45) is 10.1. The highest BCUT2D eigenvalue weighted by atomic mass is 16.6. The summed E-state index contributed by atoms with van der Waals surface area (Å²) in [5, 5.41) is 0. The molecule has 0 radical (unpaired) electrons. The third-order valence-corrected chi connectivity index (χ3v) is 12.2. The summed E-state index contributed by atoms with van der Waals surface area (Å²) in [7, 11) is 0. The molecule has 1 spiro atoms. The SMILES string of the molecule is CCCC[C@H]1CN(C[C@H]2C[C@H]3CC[C@@H](C2)N3C(=O)OCc2ccccc2)C(=O)OC12CCN(C1(C)CCN(C(=O)OC(C)(C)C)CC1)CC2. The number of amides is 3. The van der Waals surface area contributed by atoms with Gasteiger partial charge in [-0.25, -0.2) is 14.4 Å². The van der Waals surface area contributed by atoms with Crippen molar-refractivity contribution in [3.63, 3.8) is 0 Å². The van der Waals surface area contributed by atoms with Crippen LogP contribution in [-0.4, -0.2) is 106 Å². The Labute approximate surface area is 293 Å². The molecule has 0 unspecified atom stereocenters. The zero-order valence-electron chi connectivity index (χ0n) is 30.7. The molecule has 5 aliphatic rings. The molecule has 0 saturated carbocycles. The molecule has 272 valence electrons. The molecule has 2 bridgehead atoms. The molecular formula is C39H60N4O6. The van der Waals surface area contributed by atoms with Crippen molar-refractivity contribution in [2.75, 3.05) is 39.3 Å². The van der Waals surface area contributed by atoms with Crippen molar-refractivity contribution >= 4 is 18.3 Å². The number of piperidine rings is 3. The van der Waals surface area contributed by atoms with Gasteiger partial charge in [-0.1, -0.05) is 50.1 Å². The van der Waals surface area contributed by atoms with E-state index in [-0.39, 0.29) is 35.9 Å². The summed E-state index contributed by atoms with van der Waals surface area (Å²) >= 11 is 0. The van der Waals surface area contributed by atoms with E-state index in [1.807, 2.05) is 65.8 Å². The van der Waals surface area contributed by atoms with E-state index in [2.05, 4.69) is 18.7 Å². The van der Waals surface area contributed by atoms with Crippen LogP contribution in [0.4, 0.5) is 14.4 Å². The predicted molar refractivity (Wildman–Crippen MR) is 188 cm³/mol. The summed E-state index contributed by atoms with van der Waals surface area (Å²) in [5.41, 5.74) is 0.123. The third kappa shape index (κ3) is 8.15. The number of hydrogen-bond donors (Lipinski definition) is 0. The average molecular weight is 681 g/mol. The fourth-order valence-corrected chi connectivity index (χ4v) is 9.37. The lowest BCUT2D eigenvalue weighted by Gasteiger charge is -2.55. The summed E-state index contributed by atoms with van der Waals surface area (Å²) in [5.74, 6) is 0.677. The standard InChI is InChI=1S/C39H60N4O6/c1-6-7-13-31-27-41(26-30-24-32-14-15-33(25-30)43(32)36(46)47-28-29-11-9-8-10-12-29)35(45)49-39(31)18-22-42(23-19-39)38(5)16-20-40(21-17-38)34(44)48-37(2,3)4/h8-12,30-33H,6-7,13-28H2,1-5H3/t30-,31-,32+,33-/m0/s1. The molecule has 0 aromatic heterocycles. The minimum absolute atomic E-state index is 0.0198. The van der Waals surface area contributed by atoms with Gasteiger partial charge in [0.2, 0.25) is 0 Å². The van der Waals surface area contributed by atoms with Crippen LogP contribution < -0.4 is 0 Å². The highest BCUT2D eigenvalue weighted by Crippen LogP contribution is 2.45. The zero-order valence-corrected chi connectivity index (χ0v) is 30.7. The Morgan fingerprint density at radius 2 is 1.59 bits per heavy atom. The largest absolute Gasteiger partial charge is 0.445 e. The zero-order chi connectivity index (χ0) is 34.8. The summed E-state index contributed by atoms with van der Waals surface area (Å²) in [6, 6.07) is 10.2.